The van der Waals surface area contributed by atoms with E-state index in [4.69, 9.17) is 14.8 Å². The van der Waals surface area contributed by atoms with Gasteiger partial charge in [0.25, 0.3) is 0 Å². The minimum atomic E-state index is -0.235. The minimum Gasteiger partial charge on any atom is -0.497 e. The standard InChI is InChI=1S/C44H56FN3O/c1-27(2)8-7-9-28(3)36-20-21-37-34-19-14-31-24-40-35(26-44(31,5)38(34)22-23-43(36,37)4)42(30-12-17-33(49-6)18-13-30)48-41(46-40)25-39(47-48)29-10-15-32(45)16-11-29/h10-13,15-18,25,27-28,31,34,36-38H,7-9,14,19-24,26H2,1-6H3/t28-,31+,34-,36-,37+,38?,43-,44+/m1/s1. The van der Waals surface area contributed by atoms with Crippen molar-refractivity contribution in [3.63, 3.8) is 0 Å². The van der Waals surface area contributed by atoms with E-state index in [1.807, 2.05) is 12.1 Å². The predicted molar refractivity (Wildman–Crippen MR) is 197 cm³/mol. The molecule has 2 aromatic carbocycles. The van der Waals surface area contributed by atoms with E-state index in [0.717, 1.165) is 82.3 Å². The molecule has 2 heterocycles. The highest BCUT2D eigenvalue weighted by Gasteiger charge is 2.60. The van der Waals surface area contributed by atoms with Crippen LogP contribution >= 0.6 is 0 Å². The van der Waals surface area contributed by atoms with Crippen molar-refractivity contribution in [2.24, 2.45) is 52.3 Å². The van der Waals surface area contributed by atoms with Crippen LogP contribution in [0.15, 0.2) is 54.6 Å². The maximum absolute atomic E-state index is 13.8. The largest absolute Gasteiger partial charge is 0.497 e. The van der Waals surface area contributed by atoms with Crippen LogP contribution in [0, 0.1) is 58.1 Å². The van der Waals surface area contributed by atoms with Gasteiger partial charge in [-0.1, -0.05) is 53.9 Å². The Hall–Kier alpha value is -3.21. The summed E-state index contributed by atoms with van der Waals surface area (Å²) >= 11 is 0. The molecular weight excluding hydrogens is 606 g/mol. The summed E-state index contributed by atoms with van der Waals surface area (Å²) in [6.07, 6.45) is 14.6. The van der Waals surface area contributed by atoms with Crippen LogP contribution in [0.2, 0.25) is 0 Å². The molecule has 260 valence electrons. The van der Waals surface area contributed by atoms with Gasteiger partial charge in [0.1, 0.15) is 11.6 Å². The van der Waals surface area contributed by atoms with Crippen molar-refractivity contribution >= 4 is 5.65 Å². The molecule has 49 heavy (non-hydrogen) atoms. The first-order valence-electron chi connectivity index (χ1n) is 19.4. The summed E-state index contributed by atoms with van der Waals surface area (Å²) in [4.78, 5) is 5.36. The molecule has 0 spiro atoms. The third-order valence-corrected chi connectivity index (χ3v) is 14.6. The van der Waals surface area contributed by atoms with E-state index in [0.29, 0.717) is 11.3 Å². The quantitative estimate of drug-likeness (QED) is 0.189. The van der Waals surface area contributed by atoms with E-state index in [2.05, 4.69) is 69.5 Å². The summed E-state index contributed by atoms with van der Waals surface area (Å²) in [6, 6.07) is 17.2. The zero-order chi connectivity index (χ0) is 34.1. The molecule has 0 radical (unpaired) electrons. The number of benzene rings is 2. The van der Waals surface area contributed by atoms with E-state index in [1.165, 1.54) is 81.2 Å². The number of hydrogen-bond donors (Lipinski definition) is 0. The van der Waals surface area contributed by atoms with Gasteiger partial charge in [-0.15, -0.1) is 0 Å². The van der Waals surface area contributed by atoms with Crippen LogP contribution in [0.25, 0.3) is 28.2 Å². The predicted octanol–water partition coefficient (Wildman–Crippen LogP) is 11.2. The second kappa shape index (κ2) is 12.5. The van der Waals surface area contributed by atoms with E-state index >= 15 is 0 Å². The number of rotatable bonds is 8. The molecule has 5 heteroatoms. The molecular formula is C44H56FN3O. The van der Waals surface area contributed by atoms with E-state index in [-0.39, 0.29) is 11.2 Å². The smallest absolute Gasteiger partial charge is 0.156 e. The second-order valence-electron chi connectivity index (χ2n) is 17.5. The molecule has 8 atom stereocenters. The Morgan fingerprint density at radius 3 is 2.35 bits per heavy atom. The molecule has 1 unspecified atom stereocenters. The molecule has 0 aliphatic heterocycles. The van der Waals surface area contributed by atoms with Crippen molar-refractivity contribution in [1.29, 1.82) is 0 Å². The summed E-state index contributed by atoms with van der Waals surface area (Å²) < 4.78 is 21.4. The van der Waals surface area contributed by atoms with Gasteiger partial charge in [0, 0.05) is 28.5 Å². The first-order valence-corrected chi connectivity index (χ1v) is 19.4. The molecule has 2 aromatic heterocycles. The van der Waals surface area contributed by atoms with Crippen molar-refractivity contribution in [1.82, 2.24) is 14.6 Å². The first-order chi connectivity index (χ1) is 23.6. The zero-order valence-corrected chi connectivity index (χ0v) is 30.6. The average molecular weight is 662 g/mol. The lowest BCUT2D eigenvalue weighted by molar-refractivity contribution is -0.103. The van der Waals surface area contributed by atoms with Crippen LogP contribution in [0.1, 0.15) is 104 Å². The maximum Gasteiger partial charge on any atom is 0.156 e. The first kappa shape index (κ1) is 33.0. The molecule has 0 amide bonds. The number of halogens is 1. The van der Waals surface area contributed by atoms with Crippen LogP contribution in [0.4, 0.5) is 4.39 Å². The molecule has 3 saturated carbocycles. The van der Waals surface area contributed by atoms with Crippen molar-refractivity contribution in [3.05, 3.63) is 71.7 Å². The van der Waals surface area contributed by atoms with Gasteiger partial charge in [-0.25, -0.2) is 13.9 Å². The van der Waals surface area contributed by atoms with Crippen LogP contribution in [0.3, 0.4) is 0 Å². The van der Waals surface area contributed by atoms with Gasteiger partial charge in [0.15, 0.2) is 5.65 Å². The fourth-order valence-corrected chi connectivity index (χ4v) is 12.0. The molecule has 0 saturated heterocycles. The lowest BCUT2D eigenvalue weighted by Crippen LogP contribution is -2.54. The normalized spacial score (nSPS) is 31.2. The van der Waals surface area contributed by atoms with Crippen molar-refractivity contribution in [2.45, 2.75) is 105 Å². The number of fused-ring (bicyclic) bond motifs is 7. The number of aromatic nitrogens is 3. The fourth-order valence-electron chi connectivity index (χ4n) is 12.0. The summed E-state index contributed by atoms with van der Waals surface area (Å²) in [6.45, 7) is 12.7. The lowest BCUT2D eigenvalue weighted by Gasteiger charge is -2.60. The zero-order valence-electron chi connectivity index (χ0n) is 30.6. The second-order valence-corrected chi connectivity index (χ2v) is 17.5. The SMILES string of the molecule is COc1ccc(-c2c3c(nc4cc(-c5ccc(F)cc5)nn24)C[C@@H]2CC[C@H]4C(CC[C@]5(C)[C@@H]([C@H](C)CCCC(C)C)CC[C@@H]45)[C@@]2(C)C3)cc1. The van der Waals surface area contributed by atoms with Crippen molar-refractivity contribution < 1.29 is 9.13 Å². The monoisotopic (exact) mass is 661 g/mol. The van der Waals surface area contributed by atoms with Crippen molar-refractivity contribution in [2.75, 3.05) is 7.11 Å². The molecule has 0 N–H and O–H groups in total. The van der Waals surface area contributed by atoms with E-state index in [9.17, 15) is 4.39 Å². The van der Waals surface area contributed by atoms with Gasteiger partial charge in [-0.3, -0.25) is 0 Å². The average Bonchev–Trinajstić information content (AvgIpc) is 3.67. The number of methoxy groups -OCH3 is 1. The Balaban J connectivity index is 1.15. The number of nitrogens with zero attached hydrogens (tertiary/aromatic N) is 3. The number of ether oxygens (including phenoxy) is 1. The Bertz CT molecular complexity index is 1810. The Kier molecular flexibility index (Phi) is 8.43. The topological polar surface area (TPSA) is 39.4 Å². The minimum absolute atomic E-state index is 0.235. The van der Waals surface area contributed by atoms with Gasteiger partial charge in [-0.05, 0) is 152 Å². The molecule has 3 fully saturated rings. The van der Waals surface area contributed by atoms with Crippen LogP contribution < -0.4 is 4.74 Å². The summed E-state index contributed by atoms with van der Waals surface area (Å²) in [5.74, 6) is 6.29. The highest BCUT2D eigenvalue weighted by molar-refractivity contribution is 5.72. The van der Waals surface area contributed by atoms with Crippen LogP contribution in [0.5, 0.6) is 5.75 Å². The fraction of sp³-hybridized carbons (Fsp3) is 0.591. The third-order valence-electron chi connectivity index (χ3n) is 14.6. The van der Waals surface area contributed by atoms with Gasteiger partial charge in [-0.2, -0.15) is 5.10 Å². The molecule has 4 aliphatic carbocycles. The molecule has 4 nitrogen and oxygen atoms in total. The van der Waals surface area contributed by atoms with Crippen molar-refractivity contribution in [3.8, 4) is 28.3 Å². The van der Waals surface area contributed by atoms with Crippen LogP contribution in [-0.4, -0.2) is 21.7 Å². The summed E-state index contributed by atoms with van der Waals surface area (Å²) in [5.41, 5.74) is 8.29. The Morgan fingerprint density at radius 2 is 1.61 bits per heavy atom. The molecule has 4 aromatic rings. The van der Waals surface area contributed by atoms with E-state index in [1.54, 1.807) is 7.11 Å². The Morgan fingerprint density at radius 1 is 0.878 bits per heavy atom. The lowest BCUT2D eigenvalue weighted by atomic mass is 9.44. The van der Waals surface area contributed by atoms with Gasteiger partial charge < -0.3 is 4.74 Å². The summed E-state index contributed by atoms with van der Waals surface area (Å²) in [5, 5.41) is 5.16. The van der Waals surface area contributed by atoms with Gasteiger partial charge in [0.05, 0.1) is 18.5 Å². The number of hydrogen-bond acceptors (Lipinski definition) is 3. The highest BCUT2D eigenvalue weighted by atomic mass is 19.1. The van der Waals surface area contributed by atoms with Crippen LogP contribution in [-0.2, 0) is 12.8 Å². The van der Waals surface area contributed by atoms with Gasteiger partial charge in [0.2, 0.25) is 0 Å². The maximum atomic E-state index is 13.8. The van der Waals surface area contributed by atoms with Gasteiger partial charge >= 0.3 is 0 Å². The molecule has 8 rings (SSSR count). The molecule has 0 bridgehead atoms. The third kappa shape index (κ3) is 5.53. The summed E-state index contributed by atoms with van der Waals surface area (Å²) in [7, 11) is 1.72. The van der Waals surface area contributed by atoms with E-state index < -0.39 is 0 Å². The Labute approximate surface area is 293 Å². The molecule has 4 aliphatic rings. The highest BCUT2D eigenvalue weighted by Crippen LogP contribution is 2.68.